The second kappa shape index (κ2) is 4.36. The fourth-order valence-electron chi connectivity index (χ4n) is 4.27. The molecule has 0 amide bonds. The van der Waals surface area contributed by atoms with Crippen molar-refractivity contribution < 1.29 is 0 Å². The molecule has 3 fully saturated rings. The van der Waals surface area contributed by atoms with Crippen molar-refractivity contribution >= 4 is 11.4 Å². The number of rotatable bonds is 0. The molecular formula is C15H23N3. The van der Waals surface area contributed by atoms with E-state index in [1.54, 1.807) is 0 Å². The Hall–Kier alpha value is -0.860. The average molecular weight is 245 g/mol. The van der Waals surface area contributed by atoms with E-state index in [0.29, 0.717) is 6.17 Å². The SMILES string of the molecule is C1CCC2=NN3CC4CCCCC4CC3N=C2C1. The summed E-state index contributed by atoms with van der Waals surface area (Å²) in [7, 11) is 0. The highest BCUT2D eigenvalue weighted by Gasteiger charge is 2.38. The molecule has 2 aliphatic carbocycles. The van der Waals surface area contributed by atoms with Crippen LogP contribution in [0, 0.1) is 11.8 Å². The summed E-state index contributed by atoms with van der Waals surface area (Å²) in [6.07, 6.45) is 12.4. The maximum absolute atomic E-state index is 5.03. The van der Waals surface area contributed by atoms with Crippen LogP contribution >= 0.6 is 0 Å². The minimum Gasteiger partial charge on any atom is -0.272 e. The minimum absolute atomic E-state index is 0.390. The highest BCUT2D eigenvalue weighted by molar-refractivity contribution is 6.43. The van der Waals surface area contributed by atoms with E-state index in [1.165, 1.54) is 69.3 Å². The second-order valence-electron chi connectivity index (χ2n) is 6.47. The summed E-state index contributed by atoms with van der Waals surface area (Å²) >= 11 is 0. The van der Waals surface area contributed by atoms with Gasteiger partial charge >= 0.3 is 0 Å². The van der Waals surface area contributed by atoms with Gasteiger partial charge in [0.2, 0.25) is 0 Å². The first-order chi connectivity index (χ1) is 8.90. The fraction of sp³-hybridized carbons (Fsp3) is 0.867. The van der Waals surface area contributed by atoms with Crippen LogP contribution < -0.4 is 0 Å². The Kier molecular flexibility index (Phi) is 2.66. The minimum atomic E-state index is 0.390. The summed E-state index contributed by atoms with van der Waals surface area (Å²) in [4.78, 5) is 5.03. The molecule has 0 radical (unpaired) electrons. The maximum Gasteiger partial charge on any atom is 0.137 e. The third-order valence-corrected chi connectivity index (χ3v) is 5.31. The van der Waals surface area contributed by atoms with Gasteiger partial charge in [-0.3, -0.25) is 10.0 Å². The standard InChI is InChI=1S/C15H23N3/c1-2-6-12-10-18-15(9-11(12)5-1)16-13-7-3-4-8-14(13)17-18/h11-12,15H,1-10H2. The van der Waals surface area contributed by atoms with Crippen molar-refractivity contribution in [1.29, 1.82) is 0 Å². The van der Waals surface area contributed by atoms with Gasteiger partial charge in [-0.25, -0.2) is 0 Å². The number of nitrogens with zero attached hydrogens (tertiary/aromatic N) is 3. The molecule has 0 aromatic heterocycles. The lowest BCUT2D eigenvalue weighted by Gasteiger charge is -2.45. The van der Waals surface area contributed by atoms with Gasteiger partial charge in [0.05, 0.1) is 11.4 Å². The molecule has 2 aliphatic heterocycles. The van der Waals surface area contributed by atoms with E-state index < -0.39 is 0 Å². The molecule has 4 aliphatic rings. The highest BCUT2D eigenvalue weighted by Crippen LogP contribution is 2.40. The third kappa shape index (κ3) is 1.79. The van der Waals surface area contributed by atoms with Gasteiger partial charge in [0, 0.05) is 6.54 Å². The molecule has 4 rings (SSSR count). The van der Waals surface area contributed by atoms with E-state index in [4.69, 9.17) is 10.1 Å². The lowest BCUT2D eigenvalue weighted by Crippen LogP contribution is -2.48. The fourth-order valence-corrected chi connectivity index (χ4v) is 4.27. The van der Waals surface area contributed by atoms with Crippen LogP contribution in [0.15, 0.2) is 10.1 Å². The largest absolute Gasteiger partial charge is 0.272 e. The molecule has 0 bridgehead atoms. The summed E-state index contributed by atoms with van der Waals surface area (Å²) in [6, 6.07) is 0. The Bertz CT molecular complexity index is 361. The lowest BCUT2D eigenvalue weighted by atomic mass is 9.74. The third-order valence-electron chi connectivity index (χ3n) is 5.31. The van der Waals surface area contributed by atoms with Crippen LogP contribution in [0.5, 0.6) is 0 Å². The smallest absolute Gasteiger partial charge is 0.137 e. The maximum atomic E-state index is 5.03. The monoisotopic (exact) mass is 245 g/mol. The zero-order valence-corrected chi connectivity index (χ0v) is 11.1. The molecule has 98 valence electrons. The Balaban J connectivity index is 1.57. The summed E-state index contributed by atoms with van der Waals surface area (Å²) in [6.45, 7) is 1.18. The van der Waals surface area contributed by atoms with E-state index in [2.05, 4.69) is 5.01 Å². The van der Waals surface area contributed by atoms with Gasteiger partial charge in [-0.2, -0.15) is 5.10 Å². The van der Waals surface area contributed by atoms with E-state index >= 15 is 0 Å². The van der Waals surface area contributed by atoms with Crippen molar-refractivity contribution in [2.75, 3.05) is 6.54 Å². The molecule has 0 N–H and O–H groups in total. The van der Waals surface area contributed by atoms with Gasteiger partial charge in [-0.1, -0.05) is 12.8 Å². The topological polar surface area (TPSA) is 28.0 Å². The van der Waals surface area contributed by atoms with E-state index in [-0.39, 0.29) is 0 Å². The van der Waals surface area contributed by atoms with Crippen molar-refractivity contribution in [2.45, 2.75) is 64.0 Å². The quantitative estimate of drug-likeness (QED) is 0.644. The van der Waals surface area contributed by atoms with Crippen molar-refractivity contribution in [1.82, 2.24) is 5.01 Å². The van der Waals surface area contributed by atoms with E-state index in [1.807, 2.05) is 0 Å². The zero-order valence-electron chi connectivity index (χ0n) is 11.1. The van der Waals surface area contributed by atoms with Crippen molar-refractivity contribution in [3.63, 3.8) is 0 Å². The first kappa shape index (κ1) is 11.0. The van der Waals surface area contributed by atoms with Crippen LogP contribution in [0.3, 0.4) is 0 Å². The van der Waals surface area contributed by atoms with Gasteiger partial charge in [0.15, 0.2) is 0 Å². The first-order valence-electron chi connectivity index (χ1n) is 7.81. The van der Waals surface area contributed by atoms with Crippen molar-refractivity contribution in [3.8, 4) is 0 Å². The highest BCUT2D eigenvalue weighted by atomic mass is 15.5. The predicted octanol–water partition coefficient (Wildman–Crippen LogP) is 3.21. The zero-order chi connectivity index (χ0) is 11.9. The summed E-state index contributed by atoms with van der Waals surface area (Å²) < 4.78 is 0. The molecule has 3 nitrogen and oxygen atoms in total. The van der Waals surface area contributed by atoms with Gasteiger partial charge in [0.25, 0.3) is 0 Å². The number of piperidine rings is 1. The molecule has 0 aromatic rings. The van der Waals surface area contributed by atoms with E-state index in [9.17, 15) is 0 Å². The molecule has 0 spiro atoms. The Morgan fingerprint density at radius 1 is 0.889 bits per heavy atom. The molecular weight excluding hydrogens is 222 g/mol. The molecule has 1 saturated heterocycles. The molecule has 3 heteroatoms. The second-order valence-corrected chi connectivity index (χ2v) is 6.47. The number of aliphatic imine (C=N–C) groups is 1. The van der Waals surface area contributed by atoms with Crippen LogP contribution in [0.4, 0.5) is 0 Å². The molecule has 0 aromatic carbocycles. The number of hydrogen-bond acceptors (Lipinski definition) is 3. The van der Waals surface area contributed by atoms with Crippen LogP contribution in [0.2, 0.25) is 0 Å². The van der Waals surface area contributed by atoms with Gasteiger partial charge in [-0.15, -0.1) is 0 Å². The molecule has 3 unspecified atom stereocenters. The average Bonchev–Trinajstić information content (AvgIpc) is 2.42. The summed E-state index contributed by atoms with van der Waals surface area (Å²) in [5, 5.41) is 7.27. The normalized spacial score (nSPS) is 39.1. The molecule has 18 heavy (non-hydrogen) atoms. The molecule has 2 heterocycles. The number of hydrogen-bond donors (Lipinski definition) is 0. The van der Waals surface area contributed by atoms with Crippen molar-refractivity contribution in [3.05, 3.63) is 0 Å². The van der Waals surface area contributed by atoms with Gasteiger partial charge in [0.1, 0.15) is 6.17 Å². The number of fused-ring (bicyclic) bond motifs is 3. The Morgan fingerprint density at radius 3 is 2.56 bits per heavy atom. The van der Waals surface area contributed by atoms with Gasteiger partial charge < -0.3 is 0 Å². The van der Waals surface area contributed by atoms with Gasteiger partial charge in [-0.05, 0) is 56.8 Å². The van der Waals surface area contributed by atoms with Crippen LogP contribution in [0.25, 0.3) is 0 Å². The Morgan fingerprint density at radius 2 is 1.67 bits per heavy atom. The summed E-state index contributed by atoms with van der Waals surface area (Å²) in [5.41, 5.74) is 2.66. The van der Waals surface area contributed by atoms with Crippen LogP contribution in [0.1, 0.15) is 57.8 Å². The lowest BCUT2D eigenvalue weighted by molar-refractivity contribution is 0.0425. The predicted molar refractivity (Wildman–Crippen MR) is 73.9 cm³/mol. The Labute approximate surface area is 109 Å². The van der Waals surface area contributed by atoms with Crippen LogP contribution in [-0.4, -0.2) is 29.1 Å². The molecule has 2 saturated carbocycles. The summed E-state index contributed by atoms with van der Waals surface area (Å²) in [5.74, 6) is 1.84. The van der Waals surface area contributed by atoms with Crippen molar-refractivity contribution in [2.24, 2.45) is 21.9 Å². The number of hydrazone groups is 1. The first-order valence-corrected chi connectivity index (χ1v) is 7.81. The van der Waals surface area contributed by atoms with Crippen LogP contribution in [-0.2, 0) is 0 Å². The molecule has 3 atom stereocenters. The van der Waals surface area contributed by atoms with E-state index in [0.717, 1.165) is 18.3 Å².